The van der Waals surface area contributed by atoms with Gasteiger partial charge in [0, 0.05) is 24.4 Å². The Morgan fingerprint density at radius 1 is 1.07 bits per heavy atom. The molecule has 0 unspecified atom stereocenters. The van der Waals surface area contributed by atoms with Crippen LogP contribution in [0.3, 0.4) is 0 Å². The number of nitrogens with zero attached hydrogens (tertiary/aromatic N) is 2. The Hall–Kier alpha value is -2.51. The third kappa shape index (κ3) is 5.52. The van der Waals surface area contributed by atoms with Crippen molar-refractivity contribution < 1.29 is 13.5 Å². The van der Waals surface area contributed by atoms with E-state index in [4.69, 9.17) is 4.74 Å². The lowest BCUT2D eigenvalue weighted by atomic mass is 10.1. The highest BCUT2D eigenvalue weighted by Gasteiger charge is 2.11. The number of hydrogen-bond donors (Lipinski definition) is 0. The molecular weight excluding hydrogens is 442 g/mol. The van der Waals surface area contributed by atoms with E-state index in [2.05, 4.69) is 26.9 Å². The van der Waals surface area contributed by atoms with Gasteiger partial charge in [-0.25, -0.2) is 8.78 Å². The number of benzene rings is 2. The van der Waals surface area contributed by atoms with Gasteiger partial charge in [0.15, 0.2) is 0 Å². The lowest BCUT2D eigenvalue weighted by molar-refractivity contribution is 0.296. The normalized spacial score (nSPS) is 11.1. The standard InChI is InChI=1S/C22H21BrF2N2O2/c1-26(2)12-15-4-3-5-16(10-15)13-27-9-8-20(21(23)22(27)28)29-14-17-6-7-18(24)11-19(17)25/h3-11H,12-14H2,1-2H3. The van der Waals surface area contributed by atoms with Crippen molar-refractivity contribution in [3.63, 3.8) is 0 Å². The molecule has 0 aliphatic carbocycles. The molecule has 0 amide bonds. The highest BCUT2D eigenvalue weighted by Crippen LogP contribution is 2.22. The van der Waals surface area contributed by atoms with Gasteiger partial charge in [0.05, 0.1) is 6.54 Å². The summed E-state index contributed by atoms with van der Waals surface area (Å²) in [6.45, 7) is 1.13. The van der Waals surface area contributed by atoms with Crippen LogP contribution in [-0.2, 0) is 19.7 Å². The van der Waals surface area contributed by atoms with Gasteiger partial charge in [0.2, 0.25) is 0 Å². The zero-order valence-electron chi connectivity index (χ0n) is 16.2. The molecule has 29 heavy (non-hydrogen) atoms. The third-order valence-electron chi connectivity index (χ3n) is 4.31. The van der Waals surface area contributed by atoms with Crippen LogP contribution in [0.1, 0.15) is 16.7 Å². The summed E-state index contributed by atoms with van der Waals surface area (Å²) in [5.74, 6) is -1.03. The van der Waals surface area contributed by atoms with Gasteiger partial charge in [-0.05, 0) is 59.4 Å². The molecule has 2 aromatic carbocycles. The first-order chi connectivity index (χ1) is 13.8. The van der Waals surface area contributed by atoms with Crippen molar-refractivity contribution in [3.05, 3.63) is 97.9 Å². The van der Waals surface area contributed by atoms with E-state index in [1.807, 2.05) is 32.3 Å². The van der Waals surface area contributed by atoms with E-state index in [0.29, 0.717) is 12.3 Å². The minimum atomic E-state index is -0.688. The molecule has 0 aliphatic heterocycles. The number of halogens is 3. The summed E-state index contributed by atoms with van der Waals surface area (Å²) in [5.41, 5.74) is 2.14. The molecule has 0 bridgehead atoms. The van der Waals surface area contributed by atoms with E-state index in [9.17, 15) is 13.6 Å². The molecule has 1 heterocycles. The first kappa shape index (κ1) is 21.2. The van der Waals surface area contributed by atoms with E-state index < -0.39 is 11.6 Å². The van der Waals surface area contributed by atoms with Crippen LogP contribution in [0.4, 0.5) is 8.78 Å². The lowest BCUT2D eigenvalue weighted by Crippen LogP contribution is -2.21. The molecule has 0 radical (unpaired) electrons. The Labute approximate surface area is 176 Å². The quantitative estimate of drug-likeness (QED) is 0.515. The second kappa shape index (κ2) is 9.33. The van der Waals surface area contributed by atoms with Crippen LogP contribution in [0.2, 0.25) is 0 Å². The van der Waals surface area contributed by atoms with Crippen molar-refractivity contribution in [3.8, 4) is 5.75 Å². The smallest absolute Gasteiger partial charge is 0.268 e. The Morgan fingerprint density at radius 2 is 1.83 bits per heavy atom. The summed E-state index contributed by atoms with van der Waals surface area (Å²) >= 11 is 3.28. The van der Waals surface area contributed by atoms with E-state index in [-0.39, 0.29) is 22.2 Å². The van der Waals surface area contributed by atoms with Gasteiger partial charge in [-0.2, -0.15) is 0 Å². The molecule has 152 valence electrons. The maximum Gasteiger partial charge on any atom is 0.268 e. The van der Waals surface area contributed by atoms with Crippen molar-refractivity contribution in [2.45, 2.75) is 19.7 Å². The highest BCUT2D eigenvalue weighted by atomic mass is 79.9. The maximum absolute atomic E-state index is 13.8. The first-order valence-electron chi connectivity index (χ1n) is 9.01. The van der Waals surface area contributed by atoms with E-state index in [0.717, 1.165) is 18.2 Å². The van der Waals surface area contributed by atoms with Crippen LogP contribution in [0.5, 0.6) is 5.75 Å². The number of hydrogen-bond acceptors (Lipinski definition) is 3. The maximum atomic E-state index is 13.8. The largest absolute Gasteiger partial charge is 0.487 e. The number of pyridine rings is 1. The van der Waals surface area contributed by atoms with Crippen molar-refractivity contribution >= 4 is 15.9 Å². The van der Waals surface area contributed by atoms with Crippen LogP contribution in [-0.4, -0.2) is 23.6 Å². The van der Waals surface area contributed by atoms with Crippen molar-refractivity contribution in [2.75, 3.05) is 14.1 Å². The van der Waals surface area contributed by atoms with Crippen LogP contribution >= 0.6 is 15.9 Å². The molecule has 0 saturated carbocycles. The molecular formula is C22H21BrF2N2O2. The van der Waals surface area contributed by atoms with E-state index in [1.165, 1.54) is 17.7 Å². The van der Waals surface area contributed by atoms with Gasteiger partial charge in [0.1, 0.15) is 28.5 Å². The number of rotatable bonds is 7. The second-order valence-electron chi connectivity index (χ2n) is 7.01. The summed E-state index contributed by atoms with van der Waals surface area (Å²) in [6.07, 6.45) is 1.64. The lowest BCUT2D eigenvalue weighted by Gasteiger charge is -2.13. The fraction of sp³-hybridized carbons (Fsp3) is 0.227. The summed E-state index contributed by atoms with van der Waals surface area (Å²) in [7, 11) is 4.01. The van der Waals surface area contributed by atoms with Crippen LogP contribution < -0.4 is 10.3 Å². The summed E-state index contributed by atoms with van der Waals surface area (Å²) in [4.78, 5) is 14.8. The predicted molar refractivity (Wildman–Crippen MR) is 112 cm³/mol. The van der Waals surface area contributed by atoms with Gasteiger partial charge in [-0.3, -0.25) is 4.79 Å². The average Bonchev–Trinajstić information content (AvgIpc) is 2.66. The summed E-state index contributed by atoms with van der Waals surface area (Å²) in [5, 5.41) is 0. The molecule has 3 aromatic rings. The van der Waals surface area contributed by atoms with Crippen LogP contribution in [0.25, 0.3) is 0 Å². The fourth-order valence-corrected chi connectivity index (χ4v) is 3.42. The zero-order chi connectivity index (χ0) is 21.0. The molecule has 7 heteroatoms. The third-order valence-corrected chi connectivity index (χ3v) is 5.04. The zero-order valence-corrected chi connectivity index (χ0v) is 17.7. The van der Waals surface area contributed by atoms with Crippen LogP contribution in [0, 0.1) is 11.6 Å². The SMILES string of the molecule is CN(C)Cc1cccc(Cn2ccc(OCc3ccc(F)cc3F)c(Br)c2=O)c1. The number of aromatic nitrogens is 1. The second-order valence-corrected chi connectivity index (χ2v) is 7.80. The predicted octanol–water partition coefficient (Wildman–Crippen LogP) is 4.58. The highest BCUT2D eigenvalue weighted by molar-refractivity contribution is 9.10. The molecule has 0 saturated heterocycles. The topological polar surface area (TPSA) is 34.5 Å². The van der Waals surface area contributed by atoms with Crippen molar-refractivity contribution in [1.29, 1.82) is 0 Å². The summed E-state index contributed by atoms with van der Waals surface area (Å²) in [6, 6.07) is 13.0. The van der Waals surface area contributed by atoms with Crippen molar-refractivity contribution in [2.24, 2.45) is 0 Å². The van der Waals surface area contributed by atoms with Crippen LogP contribution in [0.15, 0.2) is 64.0 Å². The van der Waals surface area contributed by atoms with E-state index >= 15 is 0 Å². The number of ether oxygens (including phenoxy) is 1. The molecule has 1 aromatic heterocycles. The van der Waals surface area contributed by atoms with Crippen molar-refractivity contribution in [1.82, 2.24) is 9.47 Å². The summed E-state index contributed by atoms with van der Waals surface area (Å²) < 4.78 is 34.1. The monoisotopic (exact) mass is 462 g/mol. The molecule has 0 atom stereocenters. The molecule has 3 rings (SSSR count). The molecule has 0 N–H and O–H groups in total. The minimum Gasteiger partial charge on any atom is -0.487 e. The average molecular weight is 463 g/mol. The van der Waals surface area contributed by atoms with Gasteiger partial charge in [-0.15, -0.1) is 0 Å². The molecule has 0 aliphatic rings. The van der Waals surface area contributed by atoms with Gasteiger partial charge >= 0.3 is 0 Å². The first-order valence-corrected chi connectivity index (χ1v) is 9.81. The Balaban J connectivity index is 1.75. The molecule has 0 spiro atoms. The fourth-order valence-electron chi connectivity index (χ4n) is 2.95. The molecule has 0 fully saturated rings. The van der Waals surface area contributed by atoms with Gasteiger partial charge in [-0.1, -0.05) is 24.3 Å². The Morgan fingerprint density at radius 3 is 2.55 bits per heavy atom. The minimum absolute atomic E-state index is 0.110. The van der Waals surface area contributed by atoms with Gasteiger partial charge in [0.25, 0.3) is 5.56 Å². The van der Waals surface area contributed by atoms with E-state index in [1.54, 1.807) is 16.8 Å². The van der Waals surface area contributed by atoms with Gasteiger partial charge < -0.3 is 14.2 Å². The molecule has 4 nitrogen and oxygen atoms in total. The Kier molecular flexibility index (Phi) is 6.82. The Bertz CT molecular complexity index is 1070.